The van der Waals surface area contributed by atoms with Crippen LogP contribution in [-0.4, -0.2) is 69.4 Å². The van der Waals surface area contributed by atoms with E-state index < -0.39 is 0 Å². The molecule has 8 heteroatoms. The number of morpholine rings is 1. The fraction of sp³-hybridized carbons (Fsp3) is 0.611. The third-order valence-electron chi connectivity index (χ3n) is 5.25. The van der Waals surface area contributed by atoms with Crippen LogP contribution in [0.5, 0.6) is 0 Å². The molecule has 0 amide bonds. The molecule has 3 N–H and O–H groups in total. The van der Waals surface area contributed by atoms with E-state index in [1.807, 2.05) is 6.20 Å². The molecule has 0 radical (unpaired) electrons. The molecule has 4 rings (SSSR count). The van der Waals surface area contributed by atoms with Crippen LogP contribution in [0.3, 0.4) is 0 Å². The standard InChI is InChI=1S/C18H27N7O/c19-16-3-4-20-17(22-16)13-25-5-1-2-14(11-25)18-15(10-21-23-18)12-24-6-8-26-9-7-24/h3-4,10,14H,1-2,5-9,11-13H2,(H,21,23)(H2,19,20,22)/t14-/m0/s1. The smallest absolute Gasteiger partial charge is 0.144 e. The van der Waals surface area contributed by atoms with Crippen LogP contribution in [0, 0.1) is 0 Å². The van der Waals surface area contributed by atoms with E-state index in [-0.39, 0.29) is 0 Å². The molecular weight excluding hydrogens is 330 g/mol. The van der Waals surface area contributed by atoms with E-state index in [2.05, 4.69) is 30.0 Å². The molecule has 1 atom stereocenters. The largest absolute Gasteiger partial charge is 0.384 e. The van der Waals surface area contributed by atoms with Crippen molar-refractivity contribution in [1.29, 1.82) is 0 Å². The lowest BCUT2D eigenvalue weighted by atomic mass is 9.92. The Balaban J connectivity index is 1.40. The van der Waals surface area contributed by atoms with Gasteiger partial charge in [0.15, 0.2) is 0 Å². The van der Waals surface area contributed by atoms with Gasteiger partial charge in [-0.3, -0.25) is 14.9 Å². The van der Waals surface area contributed by atoms with E-state index in [0.29, 0.717) is 11.7 Å². The first-order chi connectivity index (χ1) is 12.8. The van der Waals surface area contributed by atoms with Crippen molar-refractivity contribution in [2.24, 2.45) is 0 Å². The molecule has 2 aromatic heterocycles. The Morgan fingerprint density at radius 3 is 2.92 bits per heavy atom. The Bertz CT molecular complexity index is 713. The molecule has 2 aliphatic rings. The third-order valence-corrected chi connectivity index (χ3v) is 5.25. The number of nitrogens with one attached hydrogen (secondary N) is 1. The predicted molar refractivity (Wildman–Crippen MR) is 98.4 cm³/mol. The lowest BCUT2D eigenvalue weighted by molar-refractivity contribution is 0.0339. The van der Waals surface area contributed by atoms with Gasteiger partial charge in [-0.15, -0.1) is 0 Å². The predicted octanol–water partition coefficient (Wildman–Crippen LogP) is 0.994. The Labute approximate surface area is 153 Å². The number of likely N-dealkylation sites (tertiary alicyclic amines) is 1. The molecule has 0 aromatic carbocycles. The highest BCUT2D eigenvalue weighted by Crippen LogP contribution is 2.29. The van der Waals surface area contributed by atoms with Gasteiger partial charge in [0, 0.05) is 49.6 Å². The van der Waals surface area contributed by atoms with Crippen LogP contribution < -0.4 is 5.73 Å². The Morgan fingerprint density at radius 1 is 1.19 bits per heavy atom. The molecule has 4 heterocycles. The van der Waals surface area contributed by atoms with Crippen molar-refractivity contribution in [3.63, 3.8) is 0 Å². The van der Waals surface area contributed by atoms with E-state index in [0.717, 1.165) is 58.3 Å². The van der Waals surface area contributed by atoms with Crippen molar-refractivity contribution in [1.82, 2.24) is 30.0 Å². The summed E-state index contributed by atoms with van der Waals surface area (Å²) in [5, 5.41) is 7.61. The van der Waals surface area contributed by atoms with E-state index >= 15 is 0 Å². The van der Waals surface area contributed by atoms with Crippen LogP contribution in [0.15, 0.2) is 18.5 Å². The second kappa shape index (κ2) is 8.11. The zero-order chi connectivity index (χ0) is 17.8. The second-order valence-corrected chi connectivity index (χ2v) is 7.17. The molecule has 2 saturated heterocycles. The normalized spacial score (nSPS) is 22.5. The van der Waals surface area contributed by atoms with Crippen LogP contribution in [-0.2, 0) is 17.8 Å². The molecule has 0 unspecified atom stereocenters. The van der Waals surface area contributed by atoms with Gasteiger partial charge in [-0.25, -0.2) is 9.97 Å². The monoisotopic (exact) mass is 357 g/mol. The molecule has 2 aromatic rings. The van der Waals surface area contributed by atoms with Gasteiger partial charge < -0.3 is 10.5 Å². The summed E-state index contributed by atoms with van der Waals surface area (Å²) in [4.78, 5) is 13.5. The summed E-state index contributed by atoms with van der Waals surface area (Å²) in [6, 6.07) is 1.73. The minimum atomic E-state index is 0.475. The van der Waals surface area contributed by atoms with Gasteiger partial charge in [-0.1, -0.05) is 0 Å². The third kappa shape index (κ3) is 4.20. The molecule has 26 heavy (non-hydrogen) atoms. The van der Waals surface area contributed by atoms with E-state index in [1.165, 1.54) is 24.1 Å². The zero-order valence-electron chi connectivity index (χ0n) is 15.1. The van der Waals surface area contributed by atoms with Crippen LogP contribution >= 0.6 is 0 Å². The zero-order valence-corrected chi connectivity index (χ0v) is 15.1. The second-order valence-electron chi connectivity index (χ2n) is 7.17. The van der Waals surface area contributed by atoms with Crippen LogP contribution in [0.1, 0.15) is 35.8 Å². The van der Waals surface area contributed by atoms with Crippen LogP contribution in [0.4, 0.5) is 5.82 Å². The highest BCUT2D eigenvalue weighted by atomic mass is 16.5. The van der Waals surface area contributed by atoms with Gasteiger partial charge in [-0.2, -0.15) is 5.10 Å². The Morgan fingerprint density at radius 2 is 2.08 bits per heavy atom. The number of nitrogens with two attached hydrogens (primary N) is 1. The average Bonchev–Trinajstić information content (AvgIpc) is 3.11. The summed E-state index contributed by atoms with van der Waals surface area (Å²) in [6.45, 7) is 7.40. The van der Waals surface area contributed by atoms with Gasteiger partial charge in [0.1, 0.15) is 11.6 Å². The highest BCUT2D eigenvalue weighted by molar-refractivity contribution is 5.25. The lowest BCUT2D eigenvalue weighted by Crippen LogP contribution is -2.37. The maximum Gasteiger partial charge on any atom is 0.144 e. The molecule has 0 saturated carbocycles. The molecule has 2 aliphatic heterocycles. The number of hydrogen-bond acceptors (Lipinski definition) is 7. The van der Waals surface area contributed by atoms with Crippen molar-refractivity contribution in [3.8, 4) is 0 Å². The fourth-order valence-corrected chi connectivity index (χ4v) is 3.93. The number of rotatable bonds is 5. The molecule has 140 valence electrons. The maximum atomic E-state index is 5.78. The summed E-state index contributed by atoms with van der Waals surface area (Å²) < 4.78 is 5.45. The first-order valence-corrected chi connectivity index (χ1v) is 9.40. The first kappa shape index (κ1) is 17.4. The fourth-order valence-electron chi connectivity index (χ4n) is 3.93. The molecular formula is C18H27N7O. The number of aromatic amines is 1. The summed E-state index contributed by atoms with van der Waals surface area (Å²) in [7, 11) is 0. The number of anilines is 1. The molecule has 8 nitrogen and oxygen atoms in total. The molecule has 0 bridgehead atoms. The van der Waals surface area contributed by atoms with Gasteiger partial charge >= 0.3 is 0 Å². The summed E-state index contributed by atoms with van der Waals surface area (Å²) in [5.74, 6) is 1.80. The Hall–Kier alpha value is -2.03. The van der Waals surface area contributed by atoms with E-state index in [9.17, 15) is 0 Å². The number of piperidine rings is 1. The van der Waals surface area contributed by atoms with Crippen molar-refractivity contribution >= 4 is 5.82 Å². The minimum absolute atomic E-state index is 0.475. The molecule has 2 fully saturated rings. The Kier molecular flexibility index (Phi) is 5.42. The van der Waals surface area contributed by atoms with Crippen molar-refractivity contribution in [2.75, 3.05) is 45.1 Å². The minimum Gasteiger partial charge on any atom is -0.384 e. The van der Waals surface area contributed by atoms with Gasteiger partial charge in [0.05, 0.1) is 26.0 Å². The molecule has 0 aliphatic carbocycles. The SMILES string of the molecule is Nc1ccnc(CN2CCC[C@H](c3[nH]ncc3CN3CCOCC3)C2)n1. The van der Waals surface area contributed by atoms with Gasteiger partial charge in [-0.05, 0) is 25.5 Å². The number of hydrogen-bond donors (Lipinski definition) is 2. The number of ether oxygens (including phenoxy) is 1. The summed E-state index contributed by atoms with van der Waals surface area (Å²) in [6.07, 6.45) is 6.08. The van der Waals surface area contributed by atoms with Crippen molar-refractivity contribution < 1.29 is 4.74 Å². The number of aromatic nitrogens is 4. The van der Waals surface area contributed by atoms with E-state index in [4.69, 9.17) is 10.5 Å². The maximum absolute atomic E-state index is 5.78. The number of H-pyrrole nitrogens is 1. The van der Waals surface area contributed by atoms with Gasteiger partial charge in [0.25, 0.3) is 0 Å². The van der Waals surface area contributed by atoms with Crippen molar-refractivity contribution in [3.05, 3.63) is 35.5 Å². The molecule has 0 spiro atoms. The number of nitrogens with zero attached hydrogens (tertiary/aromatic N) is 5. The van der Waals surface area contributed by atoms with Crippen molar-refractivity contribution in [2.45, 2.75) is 31.8 Å². The summed E-state index contributed by atoms with van der Waals surface area (Å²) in [5.41, 5.74) is 8.39. The lowest BCUT2D eigenvalue weighted by Gasteiger charge is -2.33. The highest BCUT2D eigenvalue weighted by Gasteiger charge is 2.26. The van der Waals surface area contributed by atoms with Crippen LogP contribution in [0.25, 0.3) is 0 Å². The quantitative estimate of drug-likeness (QED) is 0.824. The summed E-state index contributed by atoms with van der Waals surface area (Å²) >= 11 is 0. The average molecular weight is 357 g/mol. The topological polar surface area (TPSA) is 96.2 Å². The first-order valence-electron chi connectivity index (χ1n) is 9.40. The van der Waals surface area contributed by atoms with E-state index in [1.54, 1.807) is 12.3 Å². The van der Waals surface area contributed by atoms with Crippen LogP contribution in [0.2, 0.25) is 0 Å². The van der Waals surface area contributed by atoms with Gasteiger partial charge in [0.2, 0.25) is 0 Å². The number of nitrogen functional groups attached to an aromatic ring is 1.